The van der Waals surface area contributed by atoms with E-state index in [0.29, 0.717) is 24.3 Å². The first-order valence-electron chi connectivity index (χ1n) is 10.9. The van der Waals surface area contributed by atoms with Crippen LogP contribution in [0.15, 0.2) is 71.6 Å². The Morgan fingerprint density at radius 3 is 2.39 bits per heavy atom. The zero-order valence-electron chi connectivity index (χ0n) is 17.5. The molecular formula is C25H28N2O3S. The van der Waals surface area contributed by atoms with Gasteiger partial charge in [-0.25, -0.2) is 13.1 Å². The van der Waals surface area contributed by atoms with Crippen LogP contribution in [0.5, 0.6) is 0 Å². The van der Waals surface area contributed by atoms with Gasteiger partial charge in [0.1, 0.15) is 0 Å². The van der Waals surface area contributed by atoms with Crippen molar-refractivity contribution >= 4 is 26.7 Å². The molecular weight excluding hydrogens is 408 g/mol. The smallest absolute Gasteiger partial charge is 0.240 e. The van der Waals surface area contributed by atoms with Gasteiger partial charge in [0.25, 0.3) is 0 Å². The van der Waals surface area contributed by atoms with Crippen LogP contribution in [0.1, 0.15) is 36.8 Å². The number of hydrogen-bond acceptors (Lipinski definition) is 3. The van der Waals surface area contributed by atoms with Gasteiger partial charge in [0, 0.05) is 12.6 Å². The third kappa shape index (κ3) is 5.51. The van der Waals surface area contributed by atoms with E-state index >= 15 is 0 Å². The SMILES string of the molecule is O=C(Cc1cccc2ccccc12)NCCc1ccc(S(=O)(=O)NC2CCCC2)cc1. The van der Waals surface area contributed by atoms with Gasteiger partial charge in [-0.15, -0.1) is 0 Å². The summed E-state index contributed by atoms with van der Waals surface area (Å²) in [5, 5.41) is 5.20. The molecule has 2 N–H and O–H groups in total. The molecule has 1 amide bonds. The highest BCUT2D eigenvalue weighted by Crippen LogP contribution is 2.21. The lowest BCUT2D eigenvalue weighted by Crippen LogP contribution is -2.32. The molecule has 0 spiro atoms. The molecule has 0 bridgehead atoms. The van der Waals surface area contributed by atoms with Crippen molar-refractivity contribution < 1.29 is 13.2 Å². The van der Waals surface area contributed by atoms with Gasteiger partial charge in [-0.05, 0) is 53.3 Å². The highest BCUT2D eigenvalue weighted by atomic mass is 32.2. The lowest BCUT2D eigenvalue weighted by atomic mass is 10.0. The molecule has 0 unspecified atom stereocenters. The number of carbonyl (C=O) groups excluding carboxylic acids is 1. The van der Waals surface area contributed by atoms with Crippen molar-refractivity contribution in [1.82, 2.24) is 10.0 Å². The second-order valence-corrected chi connectivity index (χ2v) is 9.88. The zero-order valence-corrected chi connectivity index (χ0v) is 18.3. The van der Waals surface area contributed by atoms with Crippen LogP contribution in [0.25, 0.3) is 10.8 Å². The molecule has 0 radical (unpaired) electrons. The van der Waals surface area contributed by atoms with Crippen LogP contribution in [0.4, 0.5) is 0 Å². The van der Waals surface area contributed by atoms with Gasteiger partial charge in [-0.2, -0.15) is 0 Å². The molecule has 1 saturated carbocycles. The van der Waals surface area contributed by atoms with Crippen molar-refractivity contribution in [3.8, 4) is 0 Å². The van der Waals surface area contributed by atoms with Crippen molar-refractivity contribution in [1.29, 1.82) is 0 Å². The fourth-order valence-corrected chi connectivity index (χ4v) is 5.50. The minimum absolute atomic E-state index is 0.0173. The first-order chi connectivity index (χ1) is 15.0. The number of rotatable bonds is 8. The summed E-state index contributed by atoms with van der Waals surface area (Å²) in [6.07, 6.45) is 4.98. The number of benzene rings is 3. The van der Waals surface area contributed by atoms with E-state index in [1.54, 1.807) is 12.1 Å². The van der Waals surface area contributed by atoms with Crippen molar-refractivity contribution in [3.63, 3.8) is 0 Å². The highest BCUT2D eigenvalue weighted by molar-refractivity contribution is 7.89. The summed E-state index contributed by atoms with van der Waals surface area (Å²) in [4.78, 5) is 12.7. The van der Waals surface area contributed by atoms with Crippen molar-refractivity contribution in [3.05, 3.63) is 77.9 Å². The van der Waals surface area contributed by atoms with Gasteiger partial charge in [-0.1, -0.05) is 67.4 Å². The second-order valence-electron chi connectivity index (χ2n) is 8.16. The summed E-state index contributed by atoms with van der Waals surface area (Å²) in [6.45, 7) is 0.510. The predicted octanol–water partition coefficient (Wildman–Crippen LogP) is 3.96. The molecule has 0 atom stereocenters. The van der Waals surface area contributed by atoms with Crippen molar-refractivity contribution in [2.75, 3.05) is 6.54 Å². The minimum atomic E-state index is -3.47. The summed E-state index contributed by atoms with van der Waals surface area (Å²) in [5.41, 5.74) is 2.00. The van der Waals surface area contributed by atoms with E-state index in [1.165, 1.54) is 0 Å². The van der Waals surface area contributed by atoms with Crippen molar-refractivity contribution in [2.45, 2.75) is 49.5 Å². The van der Waals surface area contributed by atoms with Crippen LogP contribution < -0.4 is 10.0 Å². The topological polar surface area (TPSA) is 75.3 Å². The summed E-state index contributed by atoms with van der Waals surface area (Å²) in [6, 6.07) is 21.0. The third-order valence-corrected chi connectivity index (χ3v) is 7.41. The van der Waals surface area contributed by atoms with Crippen LogP contribution in [0.3, 0.4) is 0 Å². The molecule has 1 aliphatic carbocycles. The Hall–Kier alpha value is -2.70. The number of amides is 1. The van der Waals surface area contributed by atoms with E-state index in [-0.39, 0.29) is 11.9 Å². The predicted molar refractivity (Wildman–Crippen MR) is 123 cm³/mol. The number of fused-ring (bicyclic) bond motifs is 1. The van der Waals surface area contributed by atoms with E-state index in [4.69, 9.17) is 0 Å². The third-order valence-electron chi connectivity index (χ3n) is 5.88. The molecule has 1 aliphatic rings. The molecule has 1 fully saturated rings. The van der Waals surface area contributed by atoms with E-state index in [1.807, 2.05) is 54.6 Å². The standard InChI is InChI=1S/C25H28N2O3S/c28-25(18-21-8-5-7-20-6-1-4-11-24(20)21)26-17-16-19-12-14-23(15-13-19)31(29,30)27-22-9-2-3-10-22/h1,4-8,11-15,22,27H,2-3,9-10,16-18H2,(H,26,28). The Morgan fingerprint density at radius 2 is 1.61 bits per heavy atom. The van der Waals surface area contributed by atoms with E-state index < -0.39 is 10.0 Å². The Balaban J connectivity index is 1.29. The molecule has 3 aromatic rings. The minimum Gasteiger partial charge on any atom is -0.355 e. The van der Waals surface area contributed by atoms with Crippen molar-refractivity contribution in [2.24, 2.45) is 0 Å². The highest BCUT2D eigenvalue weighted by Gasteiger charge is 2.22. The quantitative estimate of drug-likeness (QED) is 0.561. The number of sulfonamides is 1. The Labute approximate surface area is 183 Å². The molecule has 5 nitrogen and oxygen atoms in total. The molecule has 31 heavy (non-hydrogen) atoms. The van der Waals surface area contributed by atoms with Crippen LogP contribution in [0, 0.1) is 0 Å². The van der Waals surface area contributed by atoms with Gasteiger partial charge in [0.2, 0.25) is 15.9 Å². The maximum atomic E-state index is 12.5. The van der Waals surface area contributed by atoms with Gasteiger partial charge in [0.05, 0.1) is 11.3 Å². The molecule has 0 saturated heterocycles. The van der Waals surface area contributed by atoms with Crippen LogP contribution in [-0.4, -0.2) is 26.9 Å². The second kappa shape index (κ2) is 9.62. The number of hydrogen-bond donors (Lipinski definition) is 2. The summed E-state index contributed by atoms with van der Waals surface area (Å²) >= 11 is 0. The summed E-state index contributed by atoms with van der Waals surface area (Å²) in [7, 11) is -3.47. The average Bonchev–Trinajstić information content (AvgIpc) is 3.27. The Kier molecular flexibility index (Phi) is 6.68. The molecule has 4 rings (SSSR count). The number of nitrogens with one attached hydrogen (secondary N) is 2. The monoisotopic (exact) mass is 436 g/mol. The maximum absolute atomic E-state index is 12.5. The average molecular weight is 437 g/mol. The first kappa shape index (κ1) is 21.5. The van der Waals surface area contributed by atoms with Gasteiger partial charge < -0.3 is 5.32 Å². The Morgan fingerprint density at radius 1 is 0.903 bits per heavy atom. The fraction of sp³-hybridized carbons (Fsp3) is 0.320. The van der Waals surface area contributed by atoms with Crippen LogP contribution in [0.2, 0.25) is 0 Å². The normalized spacial score (nSPS) is 14.7. The molecule has 0 aliphatic heterocycles. The fourth-order valence-electron chi connectivity index (χ4n) is 4.19. The van der Waals surface area contributed by atoms with Gasteiger partial charge >= 0.3 is 0 Å². The lowest BCUT2D eigenvalue weighted by molar-refractivity contribution is -0.120. The van der Waals surface area contributed by atoms with E-state index in [2.05, 4.69) is 10.0 Å². The molecule has 3 aromatic carbocycles. The molecule has 6 heteroatoms. The summed E-state index contributed by atoms with van der Waals surface area (Å²) < 4.78 is 27.8. The van der Waals surface area contributed by atoms with Crippen LogP contribution in [-0.2, 0) is 27.7 Å². The van der Waals surface area contributed by atoms with E-state index in [9.17, 15) is 13.2 Å². The number of carbonyl (C=O) groups is 1. The first-order valence-corrected chi connectivity index (χ1v) is 12.3. The zero-order chi connectivity index (χ0) is 21.7. The van der Waals surface area contributed by atoms with Gasteiger partial charge in [-0.3, -0.25) is 4.79 Å². The van der Waals surface area contributed by atoms with Gasteiger partial charge in [0.15, 0.2) is 0 Å². The van der Waals surface area contributed by atoms with Crippen LogP contribution >= 0.6 is 0 Å². The molecule has 162 valence electrons. The largest absolute Gasteiger partial charge is 0.355 e. The molecule has 0 aromatic heterocycles. The molecule has 0 heterocycles. The maximum Gasteiger partial charge on any atom is 0.240 e. The Bertz CT molecular complexity index is 1150. The van der Waals surface area contributed by atoms with E-state index in [0.717, 1.165) is 47.6 Å². The lowest BCUT2D eigenvalue weighted by Gasteiger charge is -2.13. The summed E-state index contributed by atoms with van der Waals surface area (Å²) in [5.74, 6) is -0.0173.